The summed E-state index contributed by atoms with van der Waals surface area (Å²) < 4.78 is 17.9. The zero-order valence-electron chi connectivity index (χ0n) is 13.1. The molecule has 8 heteroatoms. The molecule has 0 aliphatic heterocycles. The molecule has 0 atom stereocenters. The lowest BCUT2D eigenvalue weighted by Gasteiger charge is -2.08. The van der Waals surface area contributed by atoms with Gasteiger partial charge in [0.1, 0.15) is 5.82 Å². The van der Waals surface area contributed by atoms with Gasteiger partial charge in [0, 0.05) is 11.4 Å². The third-order valence-electron chi connectivity index (χ3n) is 3.04. The molecule has 0 radical (unpaired) electrons. The van der Waals surface area contributed by atoms with Crippen LogP contribution in [0, 0.1) is 5.82 Å². The highest BCUT2D eigenvalue weighted by Gasteiger charge is 2.15. The monoisotopic (exact) mass is 364 g/mol. The van der Waals surface area contributed by atoms with E-state index in [-0.39, 0.29) is 17.3 Å². The fourth-order valence-corrected chi connectivity index (χ4v) is 2.03. The third-order valence-corrected chi connectivity index (χ3v) is 3.33. The summed E-state index contributed by atoms with van der Waals surface area (Å²) in [5, 5.41) is 4.50. The van der Waals surface area contributed by atoms with E-state index in [1.54, 1.807) is 6.92 Å². The molecule has 0 saturated carbocycles. The van der Waals surface area contributed by atoms with Crippen LogP contribution in [0.3, 0.4) is 0 Å². The Labute approximate surface area is 147 Å². The van der Waals surface area contributed by atoms with Crippen molar-refractivity contribution < 1.29 is 23.5 Å². The number of halogens is 2. The first-order chi connectivity index (χ1) is 11.9. The summed E-state index contributed by atoms with van der Waals surface area (Å²) in [7, 11) is 0. The summed E-state index contributed by atoms with van der Waals surface area (Å²) in [5.74, 6) is -2.99. The number of ether oxygens (including phenoxy) is 1. The molecule has 2 aromatic carbocycles. The molecule has 0 aliphatic carbocycles. The van der Waals surface area contributed by atoms with Crippen molar-refractivity contribution in [1.29, 1.82) is 0 Å². The van der Waals surface area contributed by atoms with Crippen LogP contribution in [-0.2, 0) is 14.3 Å². The average molecular weight is 365 g/mol. The number of anilines is 2. The van der Waals surface area contributed by atoms with Crippen molar-refractivity contribution in [2.45, 2.75) is 6.92 Å². The van der Waals surface area contributed by atoms with Gasteiger partial charge < -0.3 is 15.4 Å². The Bertz CT molecular complexity index is 809. The van der Waals surface area contributed by atoms with Crippen LogP contribution in [0.25, 0.3) is 0 Å². The van der Waals surface area contributed by atoms with Gasteiger partial charge in [0.05, 0.1) is 17.2 Å². The molecule has 0 fully saturated rings. The standard InChI is InChI=1S/C17H14ClFN2O4/c1-2-25-17(24)10-3-5-11(6-4-10)20-15(22)16(23)21-12-7-8-14(19)13(18)9-12/h3-9H,2H2,1H3,(H,20,22)(H,21,23). The summed E-state index contributed by atoms with van der Waals surface area (Å²) in [4.78, 5) is 35.2. The van der Waals surface area contributed by atoms with Crippen molar-refractivity contribution in [3.63, 3.8) is 0 Å². The summed E-state index contributed by atoms with van der Waals surface area (Å²) in [5.41, 5.74) is 0.833. The molecule has 6 nitrogen and oxygen atoms in total. The maximum absolute atomic E-state index is 13.1. The second-order valence-corrected chi connectivity index (χ2v) is 5.24. The molecule has 2 rings (SSSR count). The number of hydrogen-bond donors (Lipinski definition) is 2. The predicted octanol–water partition coefficient (Wildman–Crippen LogP) is 3.23. The van der Waals surface area contributed by atoms with E-state index in [1.807, 2.05) is 0 Å². The predicted molar refractivity (Wildman–Crippen MR) is 91.1 cm³/mol. The maximum Gasteiger partial charge on any atom is 0.338 e. The molecular formula is C17H14ClFN2O4. The van der Waals surface area contributed by atoms with Crippen molar-refractivity contribution in [3.05, 3.63) is 58.9 Å². The van der Waals surface area contributed by atoms with Gasteiger partial charge in [0.15, 0.2) is 0 Å². The van der Waals surface area contributed by atoms with Crippen molar-refractivity contribution in [2.24, 2.45) is 0 Å². The lowest BCUT2D eigenvalue weighted by molar-refractivity contribution is -0.132. The van der Waals surface area contributed by atoms with Gasteiger partial charge in [-0.3, -0.25) is 9.59 Å². The normalized spacial score (nSPS) is 10.0. The number of carbonyl (C=O) groups excluding carboxylic acids is 3. The van der Waals surface area contributed by atoms with E-state index in [4.69, 9.17) is 16.3 Å². The van der Waals surface area contributed by atoms with Gasteiger partial charge in [-0.15, -0.1) is 0 Å². The Morgan fingerprint density at radius 2 is 1.56 bits per heavy atom. The first kappa shape index (κ1) is 18.4. The Morgan fingerprint density at radius 1 is 1.00 bits per heavy atom. The van der Waals surface area contributed by atoms with Crippen LogP contribution in [0.5, 0.6) is 0 Å². The lowest BCUT2D eigenvalue weighted by atomic mass is 10.2. The Hall–Kier alpha value is -2.93. The SMILES string of the molecule is CCOC(=O)c1ccc(NC(=O)C(=O)Nc2ccc(F)c(Cl)c2)cc1. The first-order valence-corrected chi connectivity index (χ1v) is 7.63. The van der Waals surface area contributed by atoms with Crippen LogP contribution in [0.4, 0.5) is 15.8 Å². The number of hydrogen-bond acceptors (Lipinski definition) is 4. The number of nitrogens with one attached hydrogen (secondary N) is 2. The minimum absolute atomic E-state index is 0.173. The van der Waals surface area contributed by atoms with E-state index in [0.29, 0.717) is 11.3 Å². The van der Waals surface area contributed by atoms with Crippen LogP contribution < -0.4 is 10.6 Å². The van der Waals surface area contributed by atoms with Gasteiger partial charge in [-0.1, -0.05) is 11.6 Å². The molecule has 0 aliphatic rings. The molecule has 0 spiro atoms. The van der Waals surface area contributed by atoms with E-state index in [2.05, 4.69) is 10.6 Å². The summed E-state index contributed by atoms with van der Waals surface area (Å²) in [6.07, 6.45) is 0. The third kappa shape index (κ3) is 5.02. The molecule has 0 aromatic heterocycles. The second kappa shape index (κ2) is 8.25. The summed E-state index contributed by atoms with van der Waals surface area (Å²) >= 11 is 5.60. The lowest BCUT2D eigenvalue weighted by Crippen LogP contribution is -2.29. The smallest absolute Gasteiger partial charge is 0.338 e. The van der Waals surface area contributed by atoms with Crippen LogP contribution >= 0.6 is 11.6 Å². The Balaban J connectivity index is 1.97. The minimum atomic E-state index is -0.947. The van der Waals surface area contributed by atoms with E-state index in [1.165, 1.54) is 36.4 Å². The van der Waals surface area contributed by atoms with Crippen LogP contribution in [0.1, 0.15) is 17.3 Å². The number of benzene rings is 2. The highest BCUT2D eigenvalue weighted by atomic mass is 35.5. The quantitative estimate of drug-likeness (QED) is 0.644. The number of carbonyl (C=O) groups is 3. The molecule has 0 saturated heterocycles. The Morgan fingerprint density at radius 3 is 2.12 bits per heavy atom. The highest BCUT2D eigenvalue weighted by molar-refractivity contribution is 6.43. The van der Waals surface area contributed by atoms with E-state index in [9.17, 15) is 18.8 Å². The summed E-state index contributed by atoms with van der Waals surface area (Å²) in [6.45, 7) is 1.95. The Kier molecular flexibility index (Phi) is 6.08. The first-order valence-electron chi connectivity index (χ1n) is 7.25. The summed E-state index contributed by atoms with van der Waals surface area (Å²) in [6, 6.07) is 9.40. The zero-order valence-corrected chi connectivity index (χ0v) is 13.9. The van der Waals surface area contributed by atoms with E-state index >= 15 is 0 Å². The molecular weight excluding hydrogens is 351 g/mol. The number of rotatable bonds is 4. The highest BCUT2D eigenvalue weighted by Crippen LogP contribution is 2.19. The molecule has 0 unspecified atom stereocenters. The number of esters is 1. The van der Waals surface area contributed by atoms with Gasteiger partial charge in [-0.2, -0.15) is 0 Å². The van der Waals surface area contributed by atoms with Crippen molar-refractivity contribution in [3.8, 4) is 0 Å². The molecule has 0 bridgehead atoms. The molecule has 2 N–H and O–H groups in total. The average Bonchev–Trinajstić information content (AvgIpc) is 2.59. The molecule has 2 amide bonds. The largest absolute Gasteiger partial charge is 0.462 e. The van der Waals surface area contributed by atoms with Crippen molar-refractivity contribution in [2.75, 3.05) is 17.2 Å². The van der Waals surface area contributed by atoms with Crippen molar-refractivity contribution >= 4 is 40.8 Å². The second-order valence-electron chi connectivity index (χ2n) is 4.83. The van der Waals surface area contributed by atoms with Crippen LogP contribution in [0.15, 0.2) is 42.5 Å². The van der Waals surface area contributed by atoms with Gasteiger partial charge >= 0.3 is 17.8 Å². The van der Waals surface area contributed by atoms with Crippen LogP contribution in [0.2, 0.25) is 5.02 Å². The number of amides is 2. The maximum atomic E-state index is 13.1. The van der Waals surface area contributed by atoms with Gasteiger partial charge in [0.2, 0.25) is 0 Å². The van der Waals surface area contributed by atoms with Gasteiger partial charge in [-0.05, 0) is 49.4 Å². The minimum Gasteiger partial charge on any atom is -0.462 e. The van der Waals surface area contributed by atoms with Crippen LogP contribution in [-0.4, -0.2) is 24.4 Å². The van der Waals surface area contributed by atoms with E-state index in [0.717, 1.165) is 6.07 Å². The molecule has 0 heterocycles. The molecule has 2 aromatic rings. The fraction of sp³-hybridized carbons (Fsp3) is 0.118. The zero-order chi connectivity index (χ0) is 18.4. The fourth-order valence-electron chi connectivity index (χ4n) is 1.85. The molecule has 130 valence electrons. The topological polar surface area (TPSA) is 84.5 Å². The molecule has 25 heavy (non-hydrogen) atoms. The van der Waals surface area contributed by atoms with Crippen molar-refractivity contribution in [1.82, 2.24) is 0 Å². The van der Waals surface area contributed by atoms with Gasteiger partial charge in [0.25, 0.3) is 0 Å². The van der Waals surface area contributed by atoms with Gasteiger partial charge in [-0.25, -0.2) is 9.18 Å². The van der Waals surface area contributed by atoms with E-state index < -0.39 is 23.6 Å².